The van der Waals surface area contributed by atoms with Crippen molar-refractivity contribution in [1.29, 1.82) is 0 Å². The van der Waals surface area contributed by atoms with E-state index in [0.29, 0.717) is 11.6 Å². The fourth-order valence-corrected chi connectivity index (χ4v) is 1.19. The Balaban J connectivity index is 2.37. The van der Waals surface area contributed by atoms with Gasteiger partial charge in [-0.2, -0.15) is 0 Å². The molecule has 2 N–H and O–H groups in total. The molecule has 1 rings (SSSR count). The van der Waals surface area contributed by atoms with Crippen LogP contribution in [-0.2, 0) is 4.79 Å². The van der Waals surface area contributed by atoms with E-state index in [0.717, 1.165) is 0 Å². The molecule has 60 valence electrons. The average Bonchev–Trinajstić information content (AvgIpc) is 2.40. The van der Waals surface area contributed by atoms with Crippen molar-refractivity contribution in [2.75, 3.05) is 6.54 Å². The van der Waals surface area contributed by atoms with Crippen molar-refractivity contribution >= 4 is 17.3 Å². The van der Waals surface area contributed by atoms with Crippen molar-refractivity contribution in [1.82, 2.24) is 0 Å². The number of carbonyl (C=O) groups excluding carboxylic acids is 1. The second-order valence-electron chi connectivity index (χ2n) is 1.94. The van der Waals surface area contributed by atoms with Crippen LogP contribution in [0.2, 0.25) is 0 Å². The van der Waals surface area contributed by atoms with Crippen LogP contribution in [-0.4, -0.2) is 12.5 Å². The summed E-state index contributed by atoms with van der Waals surface area (Å²) in [5, 5.41) is 2.48. The summed E-state index contributed by atoms with van der Waals surface area (Å²) in [6, 6.07) is 3.58. The van der Waals surface area contributed by atoms with Crippen LogP contribution in [0.5, 0.6) is 5.06 Å². The first kappa shape index (κ1) is 8.23. The van der Waals surface area contributed by atoms with E-state index in [-0.39, 0.29) is 12.4 Å². The zero-order valence-corrected chi connectivity index (χ0v) is 6.76. The molecule has 1 heterocycles. The first-order valence-electron chi connectivity index (χ1n) is 3.27. The van der Waals surface area contributed by atoms with Crippen molar-refractivity contribution in [3.05, 3.63) is 17.5 Å². The lowest BCUT2D eigenvalue weighted by Crippen LogP contribution is -2.12. The minimum absolute atomic E-state index is 0.269. The van der Waals surface area contributed by atoms with E-state index in [1.807, 2.05) is 11.4 Å². The lowest BCUT2D eigenvalue weighted by atomic mass is 10.4. The minimum atomic E-state index is -0.269. The van der Waals surface area contributed by atoms with E-state index in [9.17, 15) is 4.79 Å². The van der Waals surface area contributed by atoms with Crippen LogP contribution in [0.3, 0.4) is 0 Å². The molecule has 0 atom stereocenters. The molecule has 0 bridgehead atoms. The van der Waals surface area contributed by atoms with Crippen molar-refractivity contribution in [2.24, 2.45) is 5.73 Å². The molecule has 4 heteroatoms. The summed E-state index contributed by atoms with van der Waals surface area (Å²) >= 11 is 1.39. The van der Waals surface area contributed by atoms with Crippen molar-refractivity contribution in [3.8, 4) is 5.06 Å². The predicted octanol–water partition coefficient (Wildman–Crippen LogP) is 1.00. The van der Waals surface area contributed by atoms with Crippen molar-refractivity contribution in [3.63, 3.8) is 0 Å². The number of nitrogens with two attached hydrogens (primary N) is 1. The number of ether oxygens (including phenoxy) is 1. The molecule has 0 amide bonds. The topological polar surface area (TPSA) is 52.3 Å². The standard InChI is InChI=1S/C7H9NO2S/c8-4-3-6(9)10-7-2-1-5-11-7/h1-2,5H,3-4,8H2. The Labute approximate surface area is 68.8 Å². The van der Waals surface area contributed by atoms with E-state index >= 15 is 0 Å². The highest BCUT2D eigenvalue weighted by Crippen LogP contribution is 2.18. The molecule has 0 aliphatic heterocycles. The maximum absolute atomic E-state index is 10.8. The van der Waals surface area contributed by atoms with E-state index in [4.69, 9.17) is 10.5 Å². The molecule has 0 aromatic carbocycles. The lowest BCUT2D eigenvalue weighted by Gasteiger charge is -1.97. The molecule has 11 heavy (non-hydrogen) atoms. The number of thiophene rings is 1. The molecular weight excluding hydrogens is 162 g/mol. The number of rotatable bonds is 3. The van der Waals surface area contributed by atoms with Gasteiger partial charge in [0.05, 0.1) is 6.42 Å². The molecule has 0 saturated heterocycles. The number of hydrogen-bond donors (Lipinski definition) is 1. The summed E-state index contributed by atoms with van der Waals surface area (Å²) in [7, 11) is 0. The molecular formula is C7H9NO2S. The Morgan fingerprint density at radius 1 is 1.73 bits per heavy atom. The third-order valence-corrected chi connectivity index (χ3v) is 1.80. The van der Waals surface area contributed by atoms with E-state index < -0.39 is 0 Å². The highest BCUT2D eigenvalue weighted by Gasteiger charge is 2.02. The minimum Gasteiger partial charge on any atom is -0.415 e. The van der Waals surface area contributed by atoms with Gasteiger partial charge in [-0.05, 0) is 17.5 Å². The highest BCUT2D eigenvalue weighted by atomic mass is 32.1. The zero-order chi connectivity index (χ0) is 8.10. The largest absolute Gasteiger partial charge is 0.415 e. The Kier molecular flexibility index (Phi) is 3.07. The number of carbonyl (C=O) groups is 1. The monoisotopic (exact) mass is 171 g/mol. The summed E-state index contributed by atoms with van der Waals surface area (Å²) in [6.07, 6.45) is 0.276. The molecule has 0 aliphatic rings. The van der Waals surface area contributed by atoms with Gasteiger partial charge in [-0.3, -0.25) is 4.79 Å². The van der Waals surface area contributed by atoms with Gasteiger partial charge in [0.2, 0.25) is 0 Å². The van der Waals surface area contributed by atoms with Crippen LogP contribution < -0.4 is 10.5 Å². The fraction of sp³-hybridized carbons (Fsp3) is 0.286. The van der Waals surface area contributed by atoms with Gasteiger partial charge in [0.15, 0.2) is 5.06 Å². The molecule has 0 unspecified atom stereocenters. The lowest BCUT2D eigenvalue weighted by molar-refractivity contribution is -0.133. The van der Waals surface area contributed by atoms with E-state index in [2.05, 4.69) is 0 Å². The predicted molar refractivity (Wildman–Crippen MR) is 43.6 cm³/mol. The second-order valence-corrected chi connectivity index (χ2v) is 2.86. The Hall–Kier alpha value is -0.870. The van der Waals surface area contributed by atoms with Gasteiger partial charge in [0.1, 0.15) is 0 Å². The average molecular weight is 171 g/mol. The van der Waals surface area contributed by atoms with Gasteiger partial charge in [0.25, 0.3) is 0 Å². The molecule has 0 spiro atoms. The maximum Gasteiger partial charge on any atom is 0.313 e. The molecule has 1 aromatic rings. The van der Waals surface area contributed by atoms with Gasteiger partial charge in [-0.1, -0.05) is 0 Å². The van der Waals surface area contributed by atoms with Crippen LogP contribution in [0.4, 0.5) is 0 Å². The van der Waals surface area contributed by atoms with E-state index in [1.54, 1.807) is 6.07 Å². The number of esters is 1. The Morgan fingerprint density at radius 3 is 3.09 bits per heavy atom. The third kappa shape index (κ3) is 2.69. The summed E-state index contributed by atoms with van der Waals surface area (Å²) in [5.74, 6) is -0.269. The van der Waals surface area contributed by atoms with Crippen molar-refractivity contribution < 1.29 is 9.53 Å². The van der Waals surface area contributed by atoms with Gasteiger partial charge >= 0.3 is 5.97 Å². The summed E-state index contributed by atoms with van der Waals surface area (Å²) < 4.78 is 4.89. The Bertz CT molecular complexity index is 220. The van der Waals surface area contributed by atoms with Gasteiger partial charge < -0.3 is 10.5 Å². The first-order chi connectivity index (χ1) is 5.33. The first-order valence-corrected chi connectivity index (χ1v) is 4.15. The van der Waals surface area contributed by atoms with Crippen LogP contribution in [0.15, 0.2) is 17.5 Å². The van der Waals surface area contributed by atoms with Crippen LogP contribution in [0.1, 0.15) is 6.42 Å². The van der Waals surface area contributed by atoms with Crippen LogP contribution in [0, 0.1) is 0 Å². The molecule has 0 aliphatic carbocycles. The molecule has 1 aromatic heterocycles. The van der Waals surface area contributed by atoms with Crippen molar-refractivity contribution in [2.45, 2.75) is 6.42 Å². The maximum atomic E-state index is 10.8. The molecule has 0 radical (unpaired) electrons. The SMILES string of the molecule is NCCC(=O)Oc1cccs1. The quantitative estimate of drug-likeness (QED) is 0.690. The summed E-state index contributed by atoms with van der Waals surface area (Å²) in [5.41, 5.74) is 5.16. The summed E-state index contributed by atoms with van der Waals surface area (Å²) in [6.45, 7) is 0.338. The summed E-state index contributed by atoms with van der Waals surface area (Å²) in [4.78, 5) is 10.8. The second kappa shape index (κ2) is 4.10. The molecule has 3 nitrogen and oxygen atoms in total. The highest BCUT2D eigenvalue weighted by molar-refractivity contribution is 7.11. The molecule has 0 saturated carbocycles. The zero-order valence-electron chi connectivity index (χ0n) is 5.95. The van der Waals surface area contributed by atoms with Crippen LogP contribution in [0.25, 0.3) is 0 Å². The van der Waals surface area contributed by atoms with Gasteiger partial charge in [0, 0.05) is 6.54 Å². The van der Waals surface area contributed by atoms with Gasteiger partial charge in [-0.25, -0.2) is 0 Å². The van der Waals surface area contributed by atoms with Gasteiger partial charge in [-0.15, -0.1) is 11.3 Å². The Morgan fingerprint density at radius 2 is 2.55 bits per heavy atom. The third-order valence-electron chi connectivity index (χ3n) is 1.06. The smallest absolute Gasteiger partial charge is 0.313 e. The normalized spacial score (nSPS) is 9.55. The van der Waals surface area contributed by atoms with E-state index in [1.165, 1.54) is 11.3 Å². The molecule has 0 fully saturated rings. The fourth-order valence-electron chi connectivity index (χ4n) is 0.603. The number of hydrogen-bond acceptors (Lipinski definition) is 4. The van der Waals surface area contributed by atoms with Crippen LogP contribution >= 0.6 is 11.3 Å².